The van der Waals surface area contributed by atoms with Gasteiger partial charge in [-0.05, 0) is 12.8 Å². The molecule has 1 aromatic rings. The Hall–Kier alpha value is -1.14. The summed E-state index contributed by atoms with van der Waals surface area (Å²) in [4.78, 5) is 2.20. The molecule has 0 amide bonds. The lowest BCUT2D eigenvalue weighted by Gasteiger charge is -2.42. The van der Waals surface area contributed by atoms with E-state index in [4.69, 9.17) is 10.5 Å². The van der Waals surface area contributed by atoms with Crippen molar-refractivity contribution in [1.82, 2.24) is 14.7 Å². The Kier molecular flexibility index (Phi) is 3.45. The first-order valence-electron chi connectivity index (χ1n) is 6.98. The number of ether oxygens (including phenoxy) is 1. The topological polar surface area (TPSA) is 56.3 Å². The molecule has 3 rings (SSSR count). The van der Waals surface area contributed by atoms with Gasteiger partial charge >= 0.3 is 0 Å². The molecule has 2 saturated heterocycles. The van der Waals surface area contributed by atoms with Gasteiger partial charge in [0.2, 0.25) is 0 Å². The number of piperidine rings is 1. The first kappa shape index (κ1) is 12.9. The smallest absolute Gasteiger partial charge is 0.135 e. The monoisotopic (exact) mass is 268 g/mol. The van der Waals surface area contributed by atoms with E-state index in [1.165, 1.54) is 0 Å². The van der Waals surface area contributed by atoms with Crippen LogP contribution < -0.4 is 5.73 Å². The van der Waals surface area contributed by atoms with E-state index in [9.17, 15) is 4.39 Å². The van der Waals surface area contributed by atoms with Crippen molar-refractivity contribution < 1.29 is 9.13 Å². The third kappa shape index (κ3) is 2.23. The lowest BCUT2D eigenvalue weighted by molar-refractivity contribution is -0.0848. The van der Waals surface area contributed by atoms with Gasteiger partial charge in [0.1, 0.15) is 6.17 Å². The third-order valence-electron chi connectivity index (χ3n) is 4.26. The normalized spacial score (nSPS) is 29.4. The first-order valence-corrected chi connectivity index (χ1v) is 6.98. The van der Waals surface area contributed by atoms with Gasteiger partial charge in [-0.15, -0.1) is 0 Å². The second kappa shape index (κ2) is 5.09. The molecule has 0 saturated carbocycles. The van der Waals surface area contributed by atoms with Crippen molar-refractivity contribution in [3.05, 3.63) is 11.9 Å². The molecule has 2 fully saturated rings. The van der Waals surface area contributed by atoms with Crippen molar-refractivity contribution in [2.24, 2.45) is 0 Å². The van der Waals surface area contributed by atoms with E-state index in [-0.39, 0.29) is 6.04 Å². The lowest BCUT2D eigenvalue weighted by Crippen LogP contribution is -2.55. The minimum Gasteiger partial charge on any atom is -0.396 e. The Morgan fingerprint density at radius 2 is 2.32 bits per heavy atom. The highest BCUT2D eigenvalue weighted by Crippen LogP contribution is 2.30. The van der Waals surface area contributed by atoms with Crippen LogP contribution in [0.15, 0.2) is 6.20 Å². The predicted octanol–water partition coefficient (Wildman–Crippen LogP) is 1.01. The zero-order chi connectivity index (χ0) is 13.4. The highest BCUT2D eigenvalue weighted by molar-refractivity contribution is 5.41. The van der Waals surface area contributed by atoms with Gasteiger partial charge < -0.3 is 10.5 Å². The summed E-state index contributed by atoms with van der Waals surface area (Å²) in [6.45, 7) is 4.89. The van der Waals surface area contributed by atoms with E-state index in [2.05, 4.69) is 10.00 Å². The Morgan fingerprint density at radius 3 is 2.89 bits per heavy atom. The summed E-state index contributed by atoms with van der Waals surface area (Å²) >= 11 is 0. The van der Waals surface area contributed by atoms with E-state index in [1.807, 2.05) is 6.92 Å². The van der Waals surface area contributed by atoms with Gasteiger partial charge in [0.25, 0.3) is 0 Å². The van der Waals surface area contributed by atoms with E-state index in [0.29, 0.717) is 18.3 Å². The van der Waals surface area contributed by atoms with Gasteiger partial charge in [-0.1, -0.05) is 6.92 Å². The molecule has 6 heteroatoms. The van der Waals surface area contributed by atoms with Crippen LogP contribution >= 0.6 is 0 Å². The molecule has 2 atom stereocenters. The molecular formula is C13H21FN4O. The number of nitrogens with zero attached hydrogens (tertiary/aromatic N) is 3. The number of hydrogen-bond acceptors (Lipinski definition) is 4. The van der Waals surface area contributed by atoms with E-state index in [0.717, 1.165) is 38.3 Å². The molecule has 1 aromatic heterocycles. The summed E-state index contributed by atoms with van der Waals surface area (Å²) in [5, 5.41) is 4.27. The lowest BCUT2D eigenvalue weighted by atomic mass is 10.0. The van der Waals surface area contributed by atoms with Gasteiger partial charge in [0, 0.05) is 13.1 Å². The quantitative estimate of drug-likeness (QED) is 0.889. The van der Waals surface area contributed by atoms with Crippen molar-refractivity contribution in [1.29, 1.82) is 0 Å². The molecule has 0 aromatic carbocycles. The van der Waals surface area contributed by atoms with Crippen molar-refractivity contribution in [3.8, 4) is 0 Å². The summed E-state index contributed by atoms with van der Waals surface area (Å²) in [5.41, 5.74) is 7.50. The van der Waals surface area contributed by atoms with Crippen LogP contribution in [0.2, 0.25) is 0 Å². The molecule has 0 radical (unpaired) electrons. The molecule has 5 nitrogen and oxygen atoms in total. The maximum atomic E-state index is 14.4. The van der Waals surface area contributed by atoms with E-state index >= 15 is 0 Å². The number of hydrogen-bond donors (Lipinski definition) is 1. The van der Waals surface area contributed by atoms with Crippen molar-refractivity contribution in [2.45, 2.75) is 38.0 Å². The van der Waals surface area contributed by atoms with Gasteiger partial charge in [-0.3, -0.25) is 9.58 Å². The SMILES string of the molecule is CCc1c(N)cnn1[C@@H]1CCN(C2COC2)C[C@H]1F. The minimum atomic E-state index is -0.890. The Labute approximate surface area is 112 Å². The van der Waals surface area contributed by atoms with Crippen LogP contribution in [-0.4, -0.2) is 53.2 Å². The first-order chi connectivity index (χ1) is 9.20. The fourth-order valence-electron chi connectivity index (χ4n) is 3.01. The molecule has 19 heavy (non-hydrogen) atoms. The standard InChI is InChI=1S/C13H21FN4O/c1-2-12-11(15)5-16-18(12)13-3-4-17(6-10(13)14)9-7-19-8-9/h5,9-10,13H,2-4,6-8,15H2,1H3/t10-,13-/m1/s1. The van der Waals surface area contributed by atoms with Crippen LogP contribution in [-0.2, 0) is 11.2 Å². The van der Waals surface area contributed by atoms with Crippen molar-refractivity contribution in [3.63, 3.8) is 0 Å². The van der Waals surface area contributed by atoms with Gasteiger partial charge in [0.05, 0.1) is 42.9 Å². The number of alkyl halides is 1. The van der Waals surface area contributed by atoms with Crippen LogP contribution in [0.3, 0.4) is 0 Å². The van der Waals surface area contributed by atoms with Crippen LogP contribution in [0, 0.1) is 0 Å². The average molecular weight is 268 g/mol. The largest absolute Gasteiger partial charge is 0.396 e. The second-order valence-corrected chi connectivity index (χ2v) is 5.40. The Morgan fingerprint density at radius 1 is 1.53 bits per heavy atom. The predicted molar refractivity (Wildman–Crippen MR) is 70.7 cm³/mol. The maximum Gasteiger partial charge on any atom is 0.135 e. The van der Waals surface area contributed by atoms with E-state index in [1.54, 1.807) is 10.9 Å². The Bertz CT molecular complexity index is 446. The second-order valence-electron chi connectivity index (χ2n) is 5.40. The molecule has 0 spiro atoms. The highest BCUT2D eigenvalue weighted by Gasteiger charge is 2.37. The van der Waals surface area contributed by atoms with Crippen molar-refractivity contribution >= 4 is 5.69 Å². The molecule has 2 aliphatic heterocycles. The summed E-state index contributed by atoms with van der Waals surface area (Å²) in [5.74, 6) is 0. The average Bonchev–Trinajstić information content (AvgIpc) is 2.68. The molecule has 0 aliphatic carbocycles. The molecule has 0 bridgehead atoms. The zero-order valence-electron chi connectivity index (χ0n) is 11.3. The number of anilines is 1. The molecule has 0 unspecified atom stereocenters. The Balaban J connectivity index is 1.72. The number of aromatic nitrogens is 2. The van der Waals surface area contributed by atoms with E-state index < -0.39 is 6.17 Å². The summed E-state index contributed by atoms with van der Waals surface area (Å²) in [7, 11) is 0. The van der Waals surface area contributed by atoms with Gasteiger partial charge in [0.15, 0.2) is 0 Å². The fraction of sp³-hybridized carbons (Fsp3) is 0.769. The number of nitrogens with two attached hydrogens (primary N) is 1. The molecule has 2 aliphatic rings. The third-order valence-corrected chi connectivity index (χ3v) is 4.26. The van der Waals surface area contributed by atoms with Gasteiger partial charge in [-0.2, -0.15) is 5.10 Å². The summed E-state index contributed by atoms with van der Waals surface area (Å²) < 4.78 is 21.4. The number of rotatable bonds is 3. The minimum absolute atomic E-state index is 0.176. The van der Waals surface area contributed by atoms with Crippen molar-refractivity contribution in [2.75, 3.05) is 32.0 Å². The van der Waals surface area contributed by atoms with Crippen LogP contribution in [0.5, 0.6) is 0 Å². The molecule has 3 heterocycles. The number of likely N-dealkylation sites (tertiary alicyclic amines) is 1. The van der Waals surface area contributed by atoms with Crippen LogP contribution in [0.25, 0.3) is 0 Å². The van der Waals surface area contributed by atoms with Crippen LogP contribution in [0.4, 0.5) is 10.1 Å². The zero-order valence-corrected chi connectivity index (χ0v) is 11.3. The number of halogens is 1. The summed E-state index contributed by atoms with van der Waals surface area (Å²) in [6, 6.07) is 0.233. The van der Waals surface area contributed by atoms with Gasteiger partial charge in [-0.25, -0.2) is 4.39 Å². The summed E-state index contributed by atoms with van der Waals surface area (Å²) in [6.07, 6.45) is 2.32. The molecule has 106 valence electrons. The molecule has 2 N–H and O–H groups in total. The van der Waals surface area contributed by atoms with Crippen LogP contribution in [0.1, 0.15) is 25.1 Å². The highest BCUT2D eigenvalue weighted by atomic mass is 19.1. The number of nitrogen functional groups attached to an aromatic ring is 1. The fourth-order valence-corrected chi connectivity index (χ4v) is 3.01. The maximum absolute atomic E-state index is 14.4. The molecular weight excluding hydrogens is 247 g/mol.